The van der Waals surface area contributed by atoms with Crippen LogP contribution in [0.3, 0.4) is 0 Å². The number of aromatic amines is 1. The number of halogens is 1. The quantitative estimate of drug-likeness (QED) is 0.608. The number of fused-ring (bicyclic) bond motifs is 2. The molecule has 0 aliphatic heterocycles. The number of rotatable bonds is 3. The SMILES string of the molecule is O=C(NCc1cn2cc(Cl)ccc2n1)c1n[nH]c2ccccc12. The number of para-hydroxylation sites is 1. The van der Waals surface area contributed by atoms with Crippen molar-refractivity contribution in [2.75, 3.05) is 0 Å². The molecule has 0 radical (unpaired) electrons. The average molecular weight is 326 g/mol. The Morgan fingerprint density at radius 2 is 2.09 bits per heavy atom. The van der Waals surface area contributed by atoms with E-state index >= 15 is 0 Å². The van der Waals surface area contributed by atoms with Gasteiger partial charge in [0.2, 0.25) is 0 Å². The molecule has 0 fully saturated rings. The first kappa shape index (κ1) is 13.8. The summed E-state index contributed by atoms with van der Waals surface area (Å²) in [6.07, 6.45) is 3.61. The fraction of sp³-hybridized carbons (Fsp3) is 0.0625. The molecular weight excluding hydrogens is 314 g/mol. The van der Waals surface area contributed by atoms with Gasteiger partial charge >= 0.3 is 0 Å². The van der Waals surface area contributed by atoms with Gasteiger partial charge in [0.25, 0.3) is 5.91 Å². The summed E-state index contributed by atoms with van der Waals surface area (Å²) in [5.74, 6) is -0.238. The Labute approximate surface area is 136 Å². The molecular formula is C16H12ClN5O. The van der Waals surface area contributed by atoms with E-state index in [0.717, 1.165) is 22.2 Å². The van der Waals surface area contributed by atoms with Gasteiger partial charge in [-0.2, -0.15) is 5.10 Å². The zero-order chi connectivity index (χ0) is 15.8. The molecule has 0 unspecified atom stereocenters. The van der Waals surface area contributed by atoms with Crippen molar-refractivity contribution in [2.24, 2.45) is 0 Å². The number of carbonyl (C=O) groups is 1. The highest BCUT2D eigenvalue weighted by atomic mass is 35.5. The van der Waals surface area contributed by atoms with Gasteiger partial charge in [0.1, 0.15) is 5.65 Å². The Balaban J connectivity index is 1.54. The molecule has 0 aliphatic rings. The second kappa shape index (κ2) is 5.40. The van der Waals surface area contributed by atoms with Crippen LogP contribution < -0.4 is 5.32 Å². The highest BCUT2D eigenvalue weighted by molar-refractivity contribution is 6.30. The molecule has 114 valence electrons. The van der Waals surface area contributed by atoms with E-state index in [0.29, 0.717) is 17.3 Å². The maximum Gasteiger partial charge on any atom is 0.272 e. The zero-order valence-electron chi connectivity index (χ0n) is 12.0. The van der Waals surface area contributed by atoms with E-state index in [-0.39, 0.29) is 5.91 Å². The minimum absolute atomic E-state index is 0.238. The monoisotopic (exact) mass is 325 g/mol. The molecule has 0 atom stereocenters. The van der Waals surface area contributed by atoms with E-state index in [1.165, 1.54) is 0 Å². The van der Waals surface area contributed by atoms with Crippen LogP contribution in [0.5, 0.6) is 0 Å². The van der Waals surface area contributed by atoms with Gasteiger partial charge in [0.15, 0.2) is 5.69 Å². The van der Waals surface area contributed by atoms with Crippen LogP contribution >= 0.6 is 11.6 Å². The molecule has 2 N–H and O–H groups in total. The van der Waals surface area contributed by atoms with Gasteiger partial charge in [0.05, 0.1) is 22.8 Å². The van der Waals surface area contributed by atoms with E-state index < -0.39 is 0 Å². The third-order valence-corrected chi connectivity index (χ3v) is 3.80. The molecule has 4 aromatic rings. The lowest BCUT2D eigenvalue weighted by Gasteiger charge is -2.00. The number of carbonyl (C=O) groups excluding carboxylic acids is 1. The molecule has 4 rings (SSSR count). The maximum absolute atomic E-state index is 12.3. The van der Waals surface area contributed by atoms with E-state index in [1.54, 1.807) is 12.3 Å². The summed E-state index contributed by atoms with van der Waals surface area (Å²) in [7, 11) is 0. The number of hydrogen-bond donors (Lipinski definition) is 2. The first-order chi connectivity index (χ1) is 11.2. The van der Waals surface area contributed by atoms with Gasteiger partial charge < -0.3 is 9.72 Å². The summed E-state index contributed by atoms with van der Waals surface area (Å²) < 4.78 is 1.83. The number of hydrogen-bond acceptors (Lipinski definition) is 3. The number of imidazole rings is 1. The highest BCUT2D eigenvalue weighted by Crippen LogP contribution is 2.15. The molecule has 1 aromatic carbocycles. The normalized spacial score (nSPS) is 11.2. The van der Waals surface area contributed by atoms with E-state index in [4.69, 9.17) is 11.6 Å². The molecule has 7 heteroatoms. The molecule has 3 aromatic heterocycles. The fourth-order valence-electron chi connectivity index (χ4n) is 2.49. The van der Waals surface area contributed by atoms with Crippen LogP contribution in [0.1, 0.15) is 16.2 Å². The lowest BCUT2D eigenvalue weighted by atomic mass is 10.2. The number of nitrogens with zero attached hydrogens (tertiary/aromatic N) is 3. The highest BCUT2D eigenvalue weighted by Gasteiger charge is 2.13. The second-order valence-corrected chi connectivity index (χ2v) is 5.58. The van der Waals surface area contributed by atoms with Crippen molar-refractivity contribution in [1.82, 2.24) is 24.9 Å². The first-order valence-corrected chi connectivity index (χ1v) is 7.43. The number of aromatic nitrogens is 4. The Bertz CT molecular complexity index is 1020. The predicted molar refractivity (Wildman–Crippen MR) is 87.5 cm³/mol. The smallest absolute Gasteiger partial charge is 0.272 e. The van der Waals surface area contributed by atoms with Gasteiger partial charge in [-0.15, -0.1) is 0 Å². The molecule has 0 saturated heterocycles. The van der Waals surface area contributed by atoms with Crippen LogP contribution in [0.25, 0.3) is 16.6 Å². The molecule has 3 heterocycles. The number of amides is 1. The molecule has 0 aliphatic carbocycles. The Morgan fingerprint density at radius 1 is 1.22 bits per heavy atom. The third-order valence-electron chi connectivity index (χ3n) is 3.58. The third kappa shape index (κ3) is 2.53. The molecule has 23 heavy (non-hydrogen) atoms. The minimum atomic E-state index is -0.238. The number of nitrogens with one attached hydrogen (secondary N) is 2. The second-order valence-electron chi connectivity index (χ2n) is 5.15. The summed E-state index contributed by atoms with van der Waals surface area (Å²) in [5, 5.41) is 11.2. The maximum atomic E-state index is 12.3. The first-order valence-electron chi connectivity index (χ1n) is 7.05. The lowest BCUT2D eigenvalue weighted by Crippen LogP contribution is -2.23. The Hall–Kier alpha value is -2.86. The van der Waals surface area contributed by atoms with Crippen LogP contribution in [0.2, 0.25) is 5.02 Å². The van der Waals surface area contributed by atoms with Crippen LogP contribution in [-0.2, 0) is 6.54 Å². The summed E-state index contributed by atoms with van der Waals surface area (Å²) in [6.45, 7) is 0.319. The van der Waals surface area contributed by atoms with Crippen LogP contribution in [0, 0.1) is 0 Å². The van der Waals surface area contributed by atoms with Crippen molar-refractivity contribution < 1.29 is 4.79 Å². The Kier molecular flexibility index (Phi) is 3.24. The van der Waals surface area contributed by atoms with Crippen LogP contribution in [-0.4, -0.2) is 25.5 Å². The summed E-state index contributed by atoms with van der Waals surface area (Å²) in [6, 6.07) is 11.1. The zero-order valence-corrected chi connectivity index (χ0v) is 12.7. The summed E-state index contributed by atoms with van der Waals surface area (Å²) in [5.41, 5.74) is 2.75. The minimum Gasteiger partial charge on any atom is -0.345 e. The number of benzene rings is 1. The molecule has 0 bridgehead atoms. The van der Waals surface area contributed by atoms with Gasteiger partial charge in [-0.25, -0.2) is 4.98 Å². The van der Waals surface area contributed by atoms with E-state index in [1.807, 2.05) is 40.9 Å². The topological polar surface area (TPSA) is 75.1 Å². The number of pyridine rings is 1. The van der Waals surface area contributed by atoms with Gasteiger partial charge in [-0.05, 0) is 18.2 Å². The van der Waals surface area contributed by atoms with Crippen molar-refractivity contribution in [1.29, 1.82) is 0 Å². The molecule has 0 saturated carbocycles. The van der Waals surface area contributed by atoms with Crippen LogP contribution in [0.15, 0.2) is 48.8 Å². The van der Waals surface area contributed by atoms with E-state index in [2.05, 4.69) is 20.5 Å². The predicted octanol–water partition coefficient (Wildman–Crippen LogP) is 2.79. The van der Waals surface area contributed by atoms with E-state index in [9.17, 15) is 4.79 Å². The molecule has 1 amide bonds. The fourth-order valence-corrected chi connectivity index (χ4v) is 2.66. The molecule has 6 nitrogen and oxygen atoms in total. The van der Waals surface area contributed by atoms with Gasteiger partial charge in [-0.1, -0.05) is 29.8 Å². The largest absolute Gasteiger partial charge is 0.345 e. The Morgan fingerprint density at radius 3 is 3.00 bits per heavy atom. The van der Waals surface area contributed by atoms with Gasteiger partial charge in [0, 0.05) is 17.8 Å². The van der Waals surface area contributed by atoms with Crippen LogP contribution in [0.4, 0.5) is 0 Å². The van der Waals surface area contributed by atoms with Crippen molar-refractivity contribution in [3.8, 4) is 0 Å². The van der Waals surface area contributed by atoms with Crippen molar-refractivity contribution in [3.05, 3.63) is 65.2 Å². The summed E-state index contributed by atoms with van der Waals surface area (Å²) >= 11 is 5.95. The molecule has 0 spiro atoms. The summed E-state index contributed by atoms with van der Waals surface area (Å²) in [4.78, 5) is 16.7. The lowest BCUT2D eigenvalue weighted by molar-refractivity contribution is 0.0947. The number of H-pyrrole nitrogens is 1. The van der Waals surface area contributed by atoms with Crippen molar-refractivity contribution >= 4 is 34.1 Å². The van der Waals surface area contributed by atoms with Gasteiger partial charge in [-0.3, -0.25) is 9.89 Å². The standard InChI is InChI=1S/C16H12ClN5O/c17-10-5-6-14-19-11(9-22(14)8-10)7-18-16(23)15-12-3-1-2-4-13(12)20-21-15/h1-6,8-9H,7H2,(H,18,23)(H,20,21). The average Bonchev–Trinajstić information content (AvgIpc) is 3.15. The van der Waals surface area contributed by atoms with Crippen molar-refractivity contribution in [3.63, 3.8) is 0 Å². The van der Waals surface area contributed by atoms with Crippen molar-refractivity contribution in [2.45, 2.75) is 6.54 Å².